The molecular formula is C38H34Cl2N4O6. The van der Waals surface area contributed by atoms with E-state index < -0.39 is 0 Å². The molecule has 0 spiro atoms. The van der Waals surface area contributed by atoms with Crippen molar-refractivity contribution in [2.24, 2.45) is 0 Å². The number of rotatable bonds is 12. The summed E-state index contributed by atoms with van der Waals surface area (Å²) >= 11 is 12.7. The van der Waals surface area contributed by atoms with Gasteiger partial charge in [-0.3, -0.25) is 0 Å². The van der Waals surface area contributed by atoms with Crippen molar-refractivity contribution in [3.63, 3.8) is 0 Å². The largest absolute Gasteiger partial charge is 0.493 e. The van der Waals surface area contributed by atoms with Gasteiger partial charge in [-0.25, -0.2) is 4.98 Å². The first-order valence-electron chi connectivity index (χ1n) is 15.3. The third-order valence-corrected chi connectivity index (χ3v) is 8.41. The van der Waals surface area contributed by atoms with Crippen LogP contribution in [0.1, 0.15) is 0 Å². The lowest BCUT2D eigenvalue weighted by atomic mass is 9.94. The Kier molecular flexibility index (Phi) is 10.2. The molecule has 0 fully saturated rings. The Bertz CT molecular complexity index is 2150. The Morgan fingerprint density at radius 2 is 0.980 bits per heavy atom. The molecule has 0 saturated carbocycles. The highest BCUT2D eigenvalue weighted by molar-refractivity contribution is 6.31. The van der Waals surface area contributed by atoms with Gasteiger partial charge in [0.1, 0.15) is 5.82 Å². The minimum Gasteiger partial charge on any atom is -0.493 e. The summed E-state index contributed by atoms with van der Waals surface area (Å²) in [6.45, 7) is 0. The zero-order valence-electron chi connectivity index (χ0n) is 28.2. The number of aromatic nitrogens is 2. The highest BCUT2D eigenvalue weighted by Crippen LogP contribution is 2.46. The Morgan fingerprint density at radius 3 is 1.46 bits per heavy atom. The van der Waals surface area contributed by atoms with E-state index in [2.05, 4.69) is 10.6 Å². The maximum absolute atomic E-state index is 6.39. The van der Waals surface area contributed by atoms with E-state index in [4.69, 9.17) is 61.6 Å². The fourth-order valence-electron chi connectivity index (χ4n) is 5.65. The SMILES string of the molecule is COc1cc(-c2cc(-c3cc(OC)c(OC)c(OC)c3)c3nc(Nc4cccc(Cl)c4)nc(Nc4cccc(Cl)c4)c3c2)cc(OC)c1OC. The molecule has 0 amide bonds. The van der Waals surface area contributed by atoms with Crippen molar-refractivity contribution in [3.8, 4) is 56.8 Å². The van der Waals surface area contributed by atoms with E-state index in [0.717, 1.165) is 27.9 Å². The molecule has 0 atom stereocenters. The molecule has 0 aliphatic carbocycles. The van der Waals surface area contributed by atoms with Crippen LogP contribution in [0.2, 0.25) is 10.0 Å². The molecule has 0 aliphatic rings. The molecule has 5 aromatic carbocycles. The lowest BCUT2D eigenvalue weighted by Gasteiger charge is -2.19. The number of fused-ring (bicyclic) bond motifs is 1. The predicted molar refractivity (Wildman–Crippen MR) is 199 cm³/mol. The highest BCUT2D eigenvalue weighted by atomic mass is 35.5. The minimum absolute atomic E-state index is 0.332. The highest BCUT2D eigenvalue weighted by Gasteiger charge is 2.22. The maximum atomic E-state index is 6.39. The molecule has 6 rings (SSSR count). The molecule has 0 aliphatic heterocycles. The van der Waals surface area contributed by atoms with Crippen molar-refractivity contribution in [1.29, 1.82) is 0 Å². The molecule has 1 aromatic heterocycles. The van der Waals surface area contributed by atoms with Crippen molar-refractivity contribution in [1.82, 2.24) is 9.97 Å². The first-order valence-corrected chi connectivity index (χ1v) is 16.1. The van der Waals surface area contributed by atoms with Gasteiger partial charge in [-0.2, -0.15) is 4.98 Å². The van der Waals surface area contributed by atoms with Crippen LogP contribution >= 0.6 is 23.2 Å². The molecule has 0 saturated heterocycles. The Labute approximate surface area is 299 Å². The number of methoxy groups -OCH3 is 6. The number of hydrogen-bond donors (Lipinski definition) is 2. The van der Waals surface area contributed by atoms with Gasteiger partial charge in [0, 0.05) is 32.4 Å². The average Bonchev–Trinajstić information content (AvgIpc) is 3.13. The molecule has 12 heteroatoms. The van der Waals surface area contributed by atoms with Crippen molar-refractivity contribution in [2.75, 3.05) is 53.3 Å². The van der Waals surface area contributed by atoms with E-state index in [0.29, 0.717) is 72.9 Å². The van der Waals surface area contributed by atoms with Crippen molar-refractivity contribution in [2.45, 2.75) is 0 Å². The van der Waals surface area contributed by atoms with Crippen LogP contribution in [0.4, 0.5) is 23.1 Å². The van der Waals surface area contributed by atoms with Crippen LogP contribution in [-0.4, -0.2) is 52.6 Å². The molecule has 6 aromatic rings. The first-order chi connectivity index (χ1) is 24.3. The lowest BCUT2D eigenvalue weighted by Crippen LogP contribution is -2.04. The van der Waals surface area contributed by atoms with Crippen LogP contribution in [0.3, 0.4) is 0 Å². The average molecular weight is 714 g/mol. The molecule has 0 unspecified atom stereocenters. The summed E-state index contributed by atoms with van der Waals surface area (Å²) in [5.74, 6) is 3.77. The summed E-state index contributed by atoms with van der Waals surface area (Å²) in [5, 5.41) is 8.63. The first kappa shape index (κ1) is 34.3. The second kappa shape index (κ2) is 14.9. The molecule has 0 bridgehead atoms. The van der Waals surface area contributed by atoms with Crippen LogP contribution in [0.15, 0.2) is 84.9 Å². The molecular weight excluding hydrogens is 679 g/mol. The molecule has 1 heterocycles. The zero-order valence-corrected chi connectivity index (χ0v) is 29.7. The van der Waals surface area contributed by atoms with Gasteiger partial charge in [-0.15, -0.1) is 0 Å². The number of halogens is 2. The molecule has 2 N–H and O–H groups in total. The van der Waals surface area contributed by atoms with Gasteiger partial charge in [0.2, 0.25) is 17.4 Å². The fourth-order valence-corrected chi connectivity index (χ4v) is 6.03. The fraction of sp³-hybridized carbons (Fsp3) is 0.158. The molecule has 0 radical (unpaired) electrons. The normalized spacial score (nSPS) is 10.8. The molecule has 50 heavy (non-hydrogen) atoms. The van der Waals surface area contributed by atoms with E-state index in [1.165, 1.54) is 0 Å². The number of nitrogens with one attached hydrogen (secondary N) is 2. The third-order valence-electron chi connectivity index (χ3n) is 7.94. The summed E-state index contributed by atoms with van der Waals surface area (Å²) in [4.78, 5) is 10.0. The van der Waals surface area contributed by atoms with Gasteiger partial charge < -0.3 is 39.1 Å². The lowest BCUT2D eigenvalue weighted by molar-refractivity contribution is 0.324. The number of benzene rings is 5. The minimum atomic E-state index is 0.332. The van der Waals surface area contributed by atoms with Crippen LogP contribution in [0, 0.1) is 0 Å². The Balaban J connectivity index is 1.69. The number of ether oxygens (including phenoxy) is 6. The number of nitrogens with zero attached hydrogens (tertiary/aromatic N) is 2. The predicted octanol–water partition coefficient (Wildman–Crippen LogP) is 9.81. The van der Waals surface area contributed by atoms with Crippen molar-refractivity contribution < 1.29 is 28.4 Å². The summed E-state index contributed by atoms with van der Waals surface area (Å²) in [7, 11) is 9.45. The summed E-state index contributed by atoms with van der Waals surface area (Å²) in [5.41, 5.74) is 5.18. The summed E-state index contributed by atoms with van der Waals surface area (Å²) in [6, 6.07) is 26.3. The van der Waals surface area contributed by atoms with Crippen LogP contribution < -0.4 is 39.1 Å². The van der Waals surface area contributed by atoms with Crippen molar-refractivity contribution in [3.05, 3.63) is 95.0 Å². The van der Waals surface area contributed by atoms with Gasteiger partial charge in [0.15, 0.2) is 23.0 Å². The van der Waals surface area contributed by atoms with Crippen LogP contribution in [0.5, 0.6) is 34.5 Å². The number of hydrogen-bond acceptors (Lipinski definition) is 10. The monoisotopic (exact) mass is 712 g/mol. The summed E-state index contributed by atoms with van der Waals surface area (Å²) < 4.78 is 34.1. The van der Waals surface area contributed by atoms with Gasteiger partial charge in [0.25, 0.3) is 0 Å². The number of anilines is 4. The van der Waals surface area contributed by atoms with E-state index in [9.17, 15) is 0 Å². The quantitative estimate of drug-likeness (QED) is 0.127. The topological polar surface area (TPSA) is 105 Å². The standard InChI is InChI=1S/C38H34Cl2N4O6/c1-45-30-15-22(16-31(46-2)35(30)49-5)21-13-28(23-17-32(47-3)36(50-6)33(18-23)48-4)34-29(14-21)37(41-26-11-7-9-24(39)19-26)44-38(43-34)42-27-12-8-10-25(40)20-27/h7-20H,1-6H3,(H2,41,42,43,44). The van der Waals surface area contributed by atoms with Gasteiger partial charge in [-0.05, 0) is 89.5 Å². The zero-order chi connectivity index (χ0) is 35.4. The molecule has 256 valence electrons. The third kappa shape index (κ3) is 6.94. The Morgan fingerprint density at radius 1 is 0.500 bits per heavy atom. The smallest absolute Gasteiger partial charge is 0.229 e. The van der Waals surface area contributed by atoms with Crippen molar-refractivity contribution >= 4 is 57.2 Å². The van der Waals surface area contributed by atoms with Crippen LogP contribution in [-0.2, 0) is 0 Å². The molecule has 10 nitrogen and oxygen atoms in total. The van der Waals surface area contributed by atoms with E-state index in [1.54, 1.807) is 54.8 Å². The van der Waals surface area contributed by atoms with Crippen LogP contribution in [0.25, 0.3) is 33.2 Å². The van der Waals surface area contributed by atoms with E-state index >= 15 is 0 Å². The van der Waals surface area contributed by atoms with Gasteiger partial charge in [-0.1, -0.05) is 35.3 Å². The van der Waals surface area contributed by atoms with Gasteiger partial charge >= 0.3 is 0 Å². The second-order valence-corrected chi connectivity index (χ2v) is 11.8. The second-order valence-electron chi connectivity index (χ2n) is 10.9. The summed E-state index contributed by atoms with van der Waals surface area (Å²) in [6.07, 6.45) is 0. The van der Waals surface area contributed by atoms with E-state index in [1.807, 2.05) is 72.8 Å². The maximum Gasteiger partial charge on any atom is 0.229 e. The Hall–Kier alpha value is -5.58. The van der Waals surface area contributed by atoms with E-state index in [-0.39, 0.29) is 0 Å². The van der Waals surface area contributed by atoms with Gasteiger partial charge in [0.05, 0.1) is 48.2 Å².